The molecule has 2 heterocycles. The average molecular weight is 489 g/mol. The number of benzene rings is 2. The Hall–Kier alpha value is -2.75. The normalized spacial score (nSPS) is 14.0. The highest BCUT2D eigenvalue weighted by Gasteiger charge is 2.27. The summed E-state index contributed by atoms with van der Waals surface area (Å²) in [6, 6.07) is 10.6. The lowest BCUT2D eigenvalue weighted by Crippen LogP contribution is -2.51. The molecule has 1 amide bonds. The van der Waals surface area contributed by atoms with E-state index in [9.17, 15) is 14.9 Å². The number of aryl methyl sites for hydroxylation is 2. The van der Waals surface area contributed by atoms with Crippen molar-refractivity contribution in [3.05, 3.63) is 67.5 Å². The van der Waals surface area contributed by atoms with Crippen molar-refractivity contribution < 1.29 is 9.72 Å². The van der Waals surface area contributed by atoms with Crippen LogP contribution in [0.5, 0.6) is 0 Å². The number of thiophene rings is 1. The van der Waals surface area contributed by atoms with E-state index in [1.54, 1.807) is 11.0 Å². The first-order valence-electron chi connectivity index (χ1n) is 10.0. The lowest BCUT2D eigenvalue weighted by Gasteiger charge is -2.36. The largest absolute Gasteiger partial charge is 0.345 e. The van der Waals surface area contributed by atoms with Crippen LogP contribution in [-0.4, -0.2) is 51.9 Å². The van der Waals surface area contributed by atoms with Gasteiger partial charge in [0.05, 0.1) is 9.95 Å². The summed E-state index contributed by atoms with van der Waals surface area (Å²) >= 11 is 13.2. The minimum Gasteiger partial charge on any atom is -0.345 e. The number of piperazine rings is 1. The van der Waals surface area contributed by atoms with E-state index < -0.39 is 4.92 Å². The van der Waals surface area contributed by atoms with E-state index in [1.165, 1.54) is 23.5 Å². The van der Waals surface area contributed by atoms with Crippen molar-refractivity contribution in [2.75, 3.05) is 31.5 Å². The van der Waals surface area contributed by atoms with E-state index in [2.05, 4.69) is 28.4 Å². The molecule has 0 bridgehead atoms. The molecule has 4 rings (SSSR count). The second-order valence-electron chi connectivity index (χ2n) is 7.71. The number of thiocarbonyl (C=S) groups is 1. The fourth-order valence-corrected chi connectivity index (χ4v) is 5.43. The maximum Gasteiger partial charge on any atom is 0.270 e. The molecule has 3 aromatic rings. The molecule has 1 aliphatic rings. The van der Waals surface area contributed by atoms with Gasteiger partial charge in [-0.25, -0.2) is 0 Å². The topological polar surface area (TPSA) is 78.7 Å². The Labute approximate surface area is 199 Å². The summed E-state index contributed by atoms with van der Waals surface area (Å²) in [4.78, 5) is 27.9. The van der Waals surface area contributed by atoms with Crippen molar-refractivity contribution in [2.45, 2.75) is 13.8 Å². The second kappa shape index (κ2) is 9.01. The number of carbonyl (C=O) groups excluding carboxylic acids is 1. The Kier molecular flexibility index (Phi) is 6.32. The van der Waals surface area contributed by atoms with Gasteiger partial charge in [-0.05, 0) is 49.3 Å². The summed E-state index contributed by atoms with van der Waals surface area (Å²) in [7, 11) is 0. The first-order chi connectivity index (χ1) is 15.2. The first-order valence-corrected chi connectivity index (χ1v) is 11.6. The molecule has 7 nitrogen and oxygen atoms in total. The molecule has 2 aromatic carbocycles. The molecular formula is C22H21ClN4O3S2. The fourth-order valence-electron chi connectivity index (χ4n) is 3.63. The van der Waals surface area contributed by atoms with Gasteiger partial charge in [-0.15, -0.1) is 11.3 Å². The molecule has 166 valence electrons. The number of nitrogens with one attached hydrogen (secondary N) is 1. The first kappa shape index (κ1) is 22.4. The van der Waals surface area contributed by atoms with Crippen LogP contribution in [0, 0.1) is 24.0 Å². The number of hydrogen-bond acceptors (Lipinski definition) is 5. The number of nitro benzene ring substituents is 1. The molecule has 1 aliphatic heterocycles. The SMILES string of the molecule is Cc1ccc(C)c(NC(=S)N2CCN(C(=O)c3sc4cc([N+](=O)[O-])ccc4c3Cl)CC2)c1. The van der Waals surface area contributed by atoms with Crippen molar-refractivity contribution in [1.29, 1.82) is 0 Å². The molecular weight excluding hydrogens is 468 g/mol. The Morgan fingerprint density at radius 3 is 2.50 bits per heavy atom. The number of amides is 1. The molecule has 1 aromatic heterocycles. The Bertz CT molecular complexity index is 1240. The van der Waals surface area contributed by atoms with E-state index in [-0.39, 0.29) is 11.6 Å². The molecule has 10 heteroatoms. The smallest absolute Gasteiger partial charge is 0.270 e. The Morgan fingerprint density at radius 1 is 1.12 bits per heavy atom. The number of nitro groups is 1. The summed E-state index contributed by atoms with van der Waals surface area (Å²) in [6.45, 7) is 6.31. The molecule has 0 spiro atoms. The van der Waals surface area contributed by atoms with Crippen molar-refractivity contribution in [3.63, 3.8) is 0 Å². The highest BCUT2D eigenvalue weighted by molar-refractivity contribution is 7.80. The van der Waals surface area contributed by atoms with Gasteiger partial charge in [0.2, 0.25) is 0 Å². The molecule has 0 unspecified atom stereocenters. The number of carbonyl (C=O) groups is 1. The molecule has 0 saturated carbocycles. The molecule has 0 aliphatic carbocycles. The zero-order valence-electron chi connectivity index (χ0n) is 17.6. The molecule has 0 atom stereocenters. The molecule has 1 saturated heterocycles. The summed E-state index contributed by atoms with van der Waals surface area (Å²) < 4.78 is 0.630. The van der Waals surface area contributed by atoms with Gasteiger partial charge in [0.1, 0.15) is 4.88 Å². The van der Waals surface area contributed by atoms with Gasteiger partial charge in [0, 0.05) is 54.1 Å². The van der Waals surface area contributed by atoms with E-state index in [0.29, 0.717) is 51.3 Å². The standard InChI is InChI=1S/C22H21ClN4O3S2/c1-13-3-4-14(2)17(11-13)24-22(31)26-9-7-25(8-10-26)21(28)20-19(23)16-6-5-15(27(29)30)12-18(16)32-20/h3-6,11-12H,7-10H2,1-2H3,(H,24,31). The van der Waals surface area contributed by atoms with Crippen molar-refractivity contribution in [3.8, 4) is 0 Å². The Morgan fingerprint density at radius 2 is 1.81 bits per heavy atom. The van der Waals surface area contributed by atoms with E-state index in [1.807, 2.05) is 13.8 Å². The van der Waals surface area contributed by atoms with Gasteiger partial charge >= 0.3 is 0 Å². The van der Waals surface area contributed by atoms with Crippen LogP contribution in [0.4, 0.5) is 11.4 Å². The zero-order chi connectivity index (χ0) is 23.0. The number of non-ortho nitro benzene ring substituents is 1. The van der Waals surface area contributed by atoms with Crippen LogP contribution in [0.1, 0.15) is 20.8 Å². The minimum absolute atomic E-state index is 0.0205. The van der Waals surface area contributed by atoms with Gasteiger partial charge in [-0.2, -0.15) is 0 Å². The number of nitrogens with zero attached hydrogens (tertiary/aromatic N) is 3. The lowest BCUT2D eigenvalue weighted by atomic mass is 10.1. The predicted molar refractivity (Wildman–Crippen MR) is 133 cm³/mol. The minimum atomic E-state index is -0.455. The van der Waals surface area contributed by atoms with Crippen LogP contribution in [0.2, 0.25) is 5.02 Å². The van der Waals surface area contributed by atoms with Crippen LogP contribution in [0.25, 0.3) is 10.1 Å². The summed E-state index contributed by atoms with van der Waals surface area (Å²) in [5.41, 5.74) is 3.24. The van der Waals surface area contributed by atoms with Crippen LogP contribution in [0.15, 0.2) is 36.4 Å². The van der Waals surface area contributed by atoms with Crippen LogP contribution < -0.4 is 5.32 Å². The second-order valence-corrected chi connectivity index (χ2v) is 9.53. The van der Waals surface area contributed by atoms with Gasteiger partial charge in [0.25, 0.3) is 11.6 Å². The van der Waals surface area contributed by atoms with E-state index in [4.69, 9.17) is 23.8 Å². The average Bonchev–Trinajstić information content (AvgIpc) is 3.11. The maximum atomic E-state index is 13.1. The lowest BCUT2D eigenvalue weighted by molar-refractivity contribution is -0.384. The van der Waals surface area contributed by atoms with Crippen LogP contribution in [-0.2, 0) is 0 Å². The van der Waals surface area contributed by atoms with Crippen LogP contribution >= 0.6 is 35.2 Å². The number of fused-ring (bicyclic) bond motifs is 1. The fraction of sp³-hybridized carbons (Fsp3) is 0.273. The van der Waals surface area contributed by atoms with Crippen molar-refractivity contribution in [2.24, 2.45) is 0 Å². The van der Waals surface area contributed by atoms with E-state index >= 15 is 0 Å². The summed E-state index contributed by atoms with van der Waals surface area (Å²) in [6.07, 6.45) is 0. The van der Waals surface area contributed by atoms with Crippen molar-refractivity contribution in [1.82, 2.24) is 9.80 Å². The molecule has 0 radical (unpaired) electrons. The number of anilines is 1. The number of hydrogen-bond donors (Lipinski definition) is 1. The maximum absolute atomic E-state index is 13.1. The third-order valence-electron chi connectivity index (χ3n) is 5.51. The van der Waals surface area contributed by atoms with Gasteiger partial charge < -0.3 is 15.1 Å². The van der Waals surface area contributed by atoms with Gasteiger partial charge in [-0.1, -0.05) is 23.7 Å². The quantitative estimate of drug-likeness (QED) is 0.309. The summed E-state index contributed by atoms with van der Waals surface area (Å²) in [5, 5.41) is 16.0. The van der Waals surface area contributed by atoms with E-state index in [0.717, 1.165) is 16.8 Å². The van der Waals surface area contributed by atoms with Gasteiger partial charge in [-0.3, -0.25) is 14.9 Å². The number of rotatable bonds is 3. The third kappa shape index (κ3) is 4.41. The molecule has 1 N–H and O–H groups in total. The Balaban J connectivity index is 1.43. The zero-order valence-corrected chi connectivity index (χ0v) is 19.9. The predicted octanol–water partition coefficient (Wildman–Crippen LogP) is 5.23. The number of halogens is 1. The highest BCUT2D eigenvalue weighted by atomic mass is 35.5. The third-order valence-corrected chi connectivity index (χ3v) is 7.51. The monoisotopic (exact) mass is 488 g/mol. The molecule has 32 heavy (non-hydrogen) atoms. The van der Waals surface area contributed by atoms with Gasteiger partial charge in [0.15, 0.2) is 5.11 Å². The molecule has 1 fully saturated rings. The summed E-state index contributed by atoms with van der Waals surface area (Å²) in [5.74, 6) is -0.160. The highest BCUT2D eigenvalue weighted by Crippen LogP contribution is 2.38. The van der Waals surface area contributed by atoms with Crippen LogP contribution in [0.3, 0.4) is 0 Å². The van der Waals surface area contributed by atoms with Crippen molar-refractivity contribution >= 4 is 67.6 Å².